The highest BCUT2D eigenvalue weighted by atomic mass is 19.1. The lowest BCUT2D eigenvalue weighted by molar-refractivity contribution is 0.598. The van der Waals surface area contributed by atoms with E-state index in [9.17, 15) is 4.39 Å². The Morgan fingerprint density at radius 3 is 2.61 bits per heavy atom. The van der Waals surface area contributed by atoms with Crippen LogP contribution in [0.15, 0.2) is 53.5 Å². The van der Waals surface area contributed by atoms with Crippen LogP contribution in [0.3, 0.4) is 0 Å². The van der Waals surface area contributed by atoms with Crippen LogP contribution in [0.4, 0.5) is 15.8 Å². The molecule has 3 heteroatoms. The van der Waals surface area contributed by atoms with E-state index in [0.717, 1.165) is 5.56 Å². The molecule has 0 unspecified atom stereocenters. The first-order chi connectivity index (χ1) is 10.9. The number of hydrogen-bond donors (Lipinski definition) is 0. The molecule has 0 aliphatic carbocycles. The van der Waals surface area contributed by atoms with Gasteiger partial charge in [-0.3, -0.25) is 4.99 Å². The van der Waals surface area contributed by atoms with Gasteiger partial charge in [0, 0.05) is 24.5 Å². The summed E-state index contributed by atoms with van der Waals surface area (Å²) >= 11 is 0. The number of fused-ring (bicyclic) bond motifs is 1. The van der Waals surface area contributed by atoms with Gasteiger partial charge in [-0.25, -0.2) is 4.39 Å². The number of nitrogens with zero attached hydrogens (tertiary/aromatic N) is 2. The van der Waals surface area contributed by atoms with Gasteiger partial charge in [0.25, 0.3) is 0 Å². The Morgan fingerprint density at radius 2 is 1.87 bits per heavy atom. The second kappa shape index (κ2) is 5.65. The van der Waals surface area contributed by atoms with Crippen molar-refractivity contribution in [1.29, 1.82) is 0 Å². The van der Waals surface area contributed by atoms with Crippen LogP contribution < -0.4 is 4.90 Å². The first-order valence-electron chi connectivity index (χ1n) is 7.75. The monoisotopic (exact) mass is 308 g/mol. The average Bonchev–Trinajstić information content (AvgIpc) is 2.51. The molecule has 2 aromatic carbocycles. The Bertz CT molecular complexity index is 803. The lowest BCUT2D eigenvalue weighted by Crippen LogP contribution is -2.42. The number of halogens is 1. The van der Waals surface area contributed by atoms with Gasteiger partial charge in [0.15, 0.2) is 0 Å². The smallest absolute Gasteiger partial charge is 0.148 e. The van der Waals surface area contributed by atoms with Crippen molar-refractivity contribution in [2.24, 2.45) is 4.99 Å². The molecule has 0 amide bonds. The topological polar surface area (TPSA) is 15.6 Å². The molecular weight excluding hydrogens is 287 g/mol. The zero-order valence-electron chi connectivity index (χ0n) is 14.0. The number of para-hydroxylation sites is 1. The van der Waals surface area contributed by atoms with Gasteiger partial charge >= 0.3 is 0 Å². The number of benzene rings is 2. The molecule has 0 atom stereocenters. The van der Waals surface area contributed by atoms with Crippen molar-refractivity contribution in [2.75, 3.05) is 11.9 Å². The Balaban J connectivity index is 1.96. The number of allylic oxidation sites excluding steroid dienone is 1. The molecule has 3 rings (SSSR count). The van der Waals surface area contributed by atoms with E-state index in [1.807, 2.05) is 6.07 Å². The van der Waals surface area contributed by atoms with Crippen LogP contribution in [0.5, 0.6) is 0 Å². The Kier molecular flexibility index (Phi) is 3.80. The van der Waals surface area contributed by atoms with E-state index < -0.39 is 0 Å². The lowest BCUT2D eigenvalue weighted by atomic mass is 9.89. The average molecular weight is 308 g/mol. The molecule has 1 aliphatic heterocycles. The predicted octanol–water partition coefficient (Wildman–Crippen LogP) is 5.21. The maximum Gasteiger partial charge on any atom is 0.148 e. The summed E-state index contributed by atoms with van der Waals surface area (Å²) in [5.74, 6) is -0.306. The summed E-state index contributed by atoms with van der Waals surface area (Å²) < 4.78 is 13.6. The van der Waals surface area contributed by atoms with E-state index in [1.54, 1.807) is 24.4 Å². The van der Waals surface area contributed by atoms with Gasteiger partial charge in [-0.1, -0.05) is 24.3 Å². The molecule has 0 fully saturated rings. The fourth-order valence-electron chi connectivity index (χ4n) is 2.96. The van der Waals surface area contributed by atoms with Crippen molar-refractivity contribution in [2.45, 2.75) is 26.3 Å². The maximum atomic E-state index is 13.6. The van der Waals surface area contributed by atoms with E-state index in [0.29, 0.717) is 5.69 Å². The van der Waals surface area contributed by atoms with E-state index in [2.05, 4.69) is 55.9 Å². The number of rotatable bonds is 2. The van der Waals surface area contributed by atoms with Crippen LogP contribution in [0.25, 0.3) is 5.57 Å². The highest BCUT2D eigenvalue weighted by Gasteiger charge is 2.28. The third kappa shape index (κ3) is 2.91. The molecule has 0 aromatic heterocycles. The van der Waals surface area contributed by atoms with Gasteiger partial charge in [-0.05, 0) is 56.2 Å². The number of aliphatic imine (C=N–C) groups is 1. The maximum absolute atomic E-state index is 13.6. The largest absolute Gasteiger partial charge is 0.366 e. The minimum Gasteiger partial charge on any atom is -0.366 e. The van der Waals surface area contributed by atoms with Crippen molar-refractivity contribution in [3.05, 3.63) is 65.5 Å². The number of hydrogen-bond acceptors (Lipinski definition) is 2. The summed E-state index contributed by atoms with van der Waals surface area (Å²) in [4.78, 5) is 6.54. The first kappa shape index (κ1) is 15.5. The van der Waals surface area contributed by atoms with E-state index in [1.165, 1.54) is 22.9 Å². The first-order valence-corrected chi connectivity index (χ1v) is 7.75. The fraction of sp³-hybridized carbons (Fsp3) is 0.250. The molecule has 0 bridgehead atoms. The third-order valence-corrected chi connectivity index (χ3v) is 4.45. The molecule has 2 aromatic rings. The summed E-state index contributed by atoms with van der Waals surface area (Å²) in [5.41, 5.74) is 4.98. The van der Waals surface area contributed by atoms with Crippen molar-refractivity contribution < 1.29 is 4.39 Å². The Morgan fingerprint density at radius 1 is 1.13 bits per heavy atom. The molecular formula is C20H21FN2. The summed E-state index contributed by atoms with van der Waals surface area (Å²) in [5, 5.41) is 0. The minimum absolute atomic E-state index is 0.000142. The van der Waals surface area contributed by atoms with Gasteiger partial charge in [-0.15, -0.1) is 0 Å². The molecule has 118 valence electrons. The van der Waals surface area contributed by atoms with Gasteiger partial charge in [0.05, 0.1) is 11.2 Å². The standard InChI is InChI=1S/C20H21FN2/c1-14-12-20(2,3)23(4)19-10-9-15(11-16(14)19)13-22-18-8-6-5-7-17(18)21/h5-13H,1-4H3. The number of anilines is 1. The Labute approximate surface area is 137 Å². The highest BCUT2D eigenvalue weighted by molar-refractivity contribution is 5.88. The highest BCUT2D eigenvalue weighted by Crippen LogP contribution is 2.37. The van der Waals surface area contributed by atoms with Gasteiger partial charge < -0.3 is 4.90 Å². The zero-order chi connectivity index (χ0) is 16.6. The van der Waals surface area contributed by atoms with E-state index in [4.69, 9.17) is 0 Å². The molecule has 2 nitrogen and oxygen atoms in total. The normalized spacial score (nSPS) is 16.4. The molecule has 1 aliphatic rings. The molecule has 0 spiro atoms. The van der Waals surface area contributed by atoms with Crippen LogP contribution in [0.2, 0.25) is 0 Å². The van der Waals surface area contributed by atoms with Crippen LogP contribution in [0, 0.1) is 5.82 Å². The van der Waals surface area contributed by atoms with E-state index in [-0.39, 0.29) is 11.4 Å². The van der Waals surface area contributed by atoms with Gasteiger partial charge in [0.1, 0.15) is 5.82 Å². The predicted molar refractivity (Wildman–Crippen MR) is 96.2 cm³/mol. The molecule has 1 heterocycles. The molecule has 0 N–H and O–H groups in total. The van der Waals surface area contributed by atoms with Crippen LogP contribution in [-0.4, -0.2) is 18.8 Å². The van der Waals surface area contributed by atoms with Crippen molar-refractivity contribution in [1.82, 2.24) is 0 Å². The second-order valence-electron chi connectivity index (χ2n) is 6.53. The van der Waals surface area contributed by atoms with Crippen molar-refractivity contribution in [3.8, 4) is 0 Å². The van der Waals surface area contributed by atoms with Gasteiger partial charge in [0.2, 0.25) is 0 Å². The second-order valence-corrected chi connectivity index (χ2v) is 6.53. The SMILES string of the molecule is CC1=CC(C)(C)N(C)c2ccc(C=Nc3ccccc3F)cc21. The van der Waals surface area contributed by atoms with Gasteiger partial charge in [-0.2, -0.15) is 0 Å². The van der Waals surface area contributed by atoms with Crippen LogP contribution in [-0.2, 0) is 0 Å². The molecule has 23 heavy (non-hydrogen) atoms. The third-order valence-electron chi connectivity index (χ3n) is 4.45. The molecule has 0 saturated heterocycles. The summed E-state index contributed by atoms with van der Waals surface area (Å²) in [6.45, 7) is 6.53. The zero-order valence-corrected chi connectivity index (χ0v) is 14.0. The van der Waals surface area contributed by atoms with Crippen molar-refractivity contribution >= 4 is 23.2 Å². The minimum atomic E-state index is -0.306. The van der Waals surface area contributed by atoms with E-state index >= 15 is 0 Å². The number of likely N-dealkylation sites (N-methyl/N-ethyl adjacent to an activating group) is 1. The summed E-state index contributed by atoms with van der Waals surface area (Å²) in [6, 6.07) is 12.8. The summed E-state index contributed by atoms with van der Waals surface area (Å²) in [6.07, 6.45) is 3.98. The molecule has 0 radical (unpaired) electrons. The lowest BCUT2D eigenvalue weighted by Gasteiger charge is -2.40. The van der Waals surface area contributed by atoms with Crippen LogP contribution >= 0.6 is 0 Å². The molecule has 0 saturated carbocycles. The fourth-order valence-corrected chi connectivity index (χ4v) is 2.96. The summed E-state index contributed by atoms with van der Waals surface area (Å²) in [7, 11) is 2.11. The van der Waals surface area contributed by atoms with Crippen molar-refractivity contribution in [3.63, 3.8) is 0 Å². The van der Waals surface area contributed by atoms with Crippen LogP contribution in [0.1, 0.15) is 31.9 Å². The Hall–Kier alpha value is -2.42. The quantitative estimate of drug-likeness (QED) is 0.696.